The quantitative estimate of drug-likeness (QED) is 0.869. The Balaban J connectivity index is 1.94. The summed E-state index contributed by atoms with van der Waals surface area (Å²) in [7, 11) is 0. The highest BCUT2D eigenvalue weighted by molar-refractivity contribution is 6.31. The Morgan fingerprint density at radius 2 is 1.84 bits per heavy atom. The molecule has 1 aliphatic carbocycles. The second-order valence-corrected chi connectivity index (χ2v) is 5.55. The highest BCUT2D eigenvalue weighted by Crippen LogP contribution is 2.49. The summed E-state index contributed by atoms with van der Waals surface area (Å²) >= 11 is 5.98. The Morgan fingerprint density at radius 3 is 2.37 bits per heavy atom. The van der Waals surface area contributed by atoms with Crippen LogP contribution in [-0.2, 0) is 4.79 Å². The fraction of sp³-hybridized carbons (Fsp3) is 0.462. The zero-order valence-electron chi connectivity index (χ0n) is 10.1. The van der Waals surface area contributed by atoms with Crippen LogP contribution in [-0.4, -0.2) is 29.4 Å². The van der Waals surface area contributed by atoms with Crippen LogP contribution >= 0.6 is 11.6 Å². The molecule has 2 N–H and O–H groups in total. The maximum Gasteiger partial charge on any atom is 0.337 e. The molecule has 6 heteroatoms. The molecule has 102 valence electrons. The SMILES string of the molecule is O=C(O)C(O)c1cc2c(cc1Cl)OCC1(CC1)CO2. The number of hydrogen-bond acceptors (Lipinski definition) is 4. The van der Waals surface area contributed by atoms with Crippen molar-refractivity contribution in [2.45, 2.75) is 18.9 Å². The Kier molecular flexibility index (Phi) is 2.83. The molecule has 1 fully saturated rings. The standard InChI is InChI=1S/C13H13ClO5/c14-8-4-10-9(3-7(8)11(15)12(16)17)18-5-13(1-2-13)6-19-10/h3-4,11,15H,1-2,5-6H2,(H,16,17). The lowest BCUT2D eigenvalue weighted by Gasteiger charge is -2.13. The fourth-order valence-corrected chi connectivity index (χ4v) is 2.34. The third kappa shape index (κ3) is 2.24. The smallest absolute Gasteiger partial charge is 0.337 e. The number of benzene rings is 1. The van der Waals surface area contributed by atoms with Gasteiger partial charge in [0, 0.05) is 17.0 Å². The van der Waals surface area contributed by atoms with Gasteiger partial charge >= 0.3 is 5.97 Å². The van der Waals surface area contributed by atoms with E-state index in [2.05, 4.69) is 0 Å². The molecular formula is C13H13ClO5. The number of hydrogen-bond donors (Lipinski definition) is 2. The van der Waals surface area contributed by atoms with Crippen LogP contribution in [0.2, 0.25) is 5.02 Å². The van der Waals surface area contributed by atoms with Crippen molar-refractivity contribution in [1.29, 1.82) is 0 Å². The van der Waals surface area contributed by atoms with Gasteiger partial charge in [0.05, 0.1) is 18.2 Å². The van der Waals surface area contributed by atoms with Crippen LogP contribution in [0.4, 0.5) is 0 Å². The number of ether oxygens (including phenoxy) is 2. The fourth-order valence-electron chi connectivity index (χ4n) is 2.09. The molecule has 0 saturated heterocycles. The van der Waals surface area contributed by atoms with E-state index in [-0.39, 0.29) is 16.0 Å². The molecule has 1 spiro atoms. The Morgan fingerprint density at radius 1 is 1.26 bits per heavy atom. The highest BCUT2D eigenvalue weighted by atomic mass is 35.5. The van der Waals surface area contributed by atoms with E-state index in [1.807, 2.05) is 0 Å². The van der Waals surface area contributed by atoms with Gasteiger partial charge in [-0.05, 0) is 18.9 Å². The first-order valence-corrected chi connectivity index (χ1v) is 6.38. The molecule has 0 bridgehead atoms. The molecule has 0 aromatic heterocycles. The lowest BCUT2D eigenvalue weighted by atomic mass is 10.1. The van der Waals surface area contributed by atoms with E-state index < -0.39 is 12.1 Å². The van der Waals surface area contributed by atoms with Crippen LogP contribution in [0.15, 0.2) is 12.1 Å². The zero-order valence-corrected chi connectivity index (χ0v) is 10.8. The summed E-state index contributed by atoms with van der Waals surface area (Å²) in [5, 5.41) is 18.6. The lowest BCUT2D eigenvalue weighted by Crippen LogP contribution is -2.17. The highest BCUT2D eigenvalue weighted by Gasteiger charge is 2.46. The number of aliphatic hydroxyl groups is 1. The van der Waals surface area contributed by atoms with Crippen molar-refractivity contribution in [3.8, 4) is 11.5 Å². The van der Waals surface area contributed by atoms with Crippen LogP contribution in [0.25, 0.3) is 0 Å². The topological polar surface area (TPSA) is 76.0 Å². The monoisotopic (exact) mass is 284 g/mol. The number of halogens is 1. The van der Waals surface area contributed by atoms with E-state index in [0.717, 1.165) is 12.8 Å². The first-order valence-electron chi connectivity index (χ1n) is 6.01. The Labute approximate surface area is 114 Å². The van der Waals surface area contributed by atoms with Gasteiger partial charge in [0.1, 0.15) is 0 Å². The van der Waals surface area contributed by atoms with E-state index in [9.17, 15) is 9.90 Å². The number of fused-ring (bicyclic) bond motifs is 1. The summed E-state index contributed by atoms with van der Waals surface area (Å²) in [6.07, 6.45) is 0.470. The number of carbonyl (C=O) groups is 1. The van der Waals surface area contributed by atoms with Crippen molar-refractivity contribution in [3.05, 3.63) is 22.7 Å². The molecule has 3 rings (SSSR count). The van der Waals surface area contributed by atoms with Crippen molar-refractivity contribution in [2.75, 3.05) is 13.2 Å². The van der Waals surface area contributed by atoms with E-state index in [4.69, 9.17) is 26.2 Å². The lowest BCUT2D eigenvalue weighted by molar-refractivity contribution is -0.146. The van der Waals surface area contributed by atoms with Crippen LogP contribution in [0.5, 0.6) is 11.5 Å². The Bertz CT molecular complexity index is 538. The number of aliphatic hydroxyl groups excluding tert-OH is 1. The van der Waals surface area contributed by atoms with Crippen LogP contribution in [0.3, 0.4) is 0 Å². The van der Waals surface area contributed by atoms with Gasteiger partial charge in [-0.3, -0.25) is 0 Å². The third-order valence-electron chi connectivity index (χ3n) is 3.62. The molecule has 1 unspecified atom stereocenters. The summed E-state index contributed by atoms with van der Waals surface area (Å²) < 4.78 is 11.3. The zero-order chi connectivity index (χ0) is 13.6. The molecule has 19 heavy (non-hydrogen) atoms. The van der Waals surface area contributed by atoms with Crippen LogP contribution in [0.1, 0.15) is 24.5 Å². The molecule has 1 aromatic carbocycles. The van der Waals surface area contributed by atoms with Gasteiger partial charge in [0.15, 0.2) is 17.6 Å². The van der Waals surface area contributed by atoms with E-state index >= 15 is 0 Å². The predicted octanol–water partition coefficient (Wildman–Crippen LogP) is 2.01. The van der Waals surface area contributed by atoms with Crippen molar-refractivity contribution in [3.63, 3.8) is 0 Å². The van der Waals surface area contributed by atoms with E-state index in [1.165, 1.54) is 12.1 Å². The second-order valence-electron chi connectivity index (χ2n) is 5.14. The first-order chi connectivity index (χ1) is 9.01. The minimum Gasteiger partial charge on any atom is -0.489 e. The van der Waals surface area contributed by atoms with Gasteiger partial charge in [-0.1, -0.05) is 11.6 Å². The summed E-state index contributed by atoms with van der Waals surface area (Å²) in [5.41, 5.74) is 0.208. The molecule has 1 heterocycles. The number of carboxylic acid groups (broad SMARTS) is 1. The van der Waals surface area contributed by atoms with E-state index in [1.54, 1.807) is 0 Å². The normalized spacial score (nSPS) is 20.7. The number of aliphatic carboxylic acids is 1. The minimum absolute atomic E-state index is 0.0943. The molecule has 1 aromatic rings. The number of rotatable bonds is 2. The van der Waals surface area contributed by atoms with Gasteiger partial charge in [-0.15, -0.1) is 0 Å². The Hall–Kier alpha value is -1.46. The van der Waals surface area contributed by atoms with Gasteiger partial charge in [-0.2, -0.15) is 0 Å². The summed E-state index contributed by atoms with van der Waals surface area (Å²) in [5.74, 6) is -0.423. The van der Waals surface area contributed by atoms with Crippen molar-refractivity contribution in [1.82, 2.24) is 0 Å². The molecule has 1 aliphatic heterocycles. The van der Waals surface area contributed by atoms with Gasteiger partial charge < -0.3 is 19.7 Å². The first kappa shape index (κ1) is 12.6. The predicted molar refractivity (Wildman–Crippen MR) is 66.7 cm³/mol. The molecule has 1 saturated carbocycles. The summed E-state index contributed by atoms with van der Waals surface area (Å²) in [4.78, 5) is 10.8. The average Bonchev–Trinajstić information content (AvgIpc) is 3.16. The summed E-state index contributed by atoms with van der Waals surface area (Å²) in [6.45, 7) is 1.13. The summed E-state index contributed by atoms with van der Waals surface area (Å²) in [6, 6.07) is 2.94. The largest absolute Gasteiger partial charge is 0.489 e. The molecule has 5 nitrogen and oxygen atoms in total. The van der Waals surface area contributed by atoms with Crippen LogP contribution in [0, 0.1) is 5.41 Å². The molecule has 0 amide bonds. The van der Waals surface area contributed by atoms with Gasteiger partial charge in [0.25, 0.3) is 0 Å². The molecule has 0 radical (unpaired) electrons. The molecule has 1 atom stereocenters. The maximum atomic E-state index is 10.8. The average molecular weight is 285 g/mol. The second kappa shape index (κ2) is 4.28. The number of carboxylic acids is 1. The van der Waals surface area contributed by atoms with Gasteiger partial charge in [-0.25, -0.2) is 4.79 Å². The maximum absolute atomic E-state index is 10.8. The van der Waals surface area contributed by atoms with Crippen molar-refractivity contribution >= 4 is 17.6 Å². The van der Waals surface area contributed by atoms with Crippen molar-refractivity contribution in [2.24, 2.45) is 5.41 Å². The van der Waals surface area contributed by atoms with E-state index in [0.29, 0.717) is 24.7 Å². The van der Waals surface area contributed by atoms with Crippen LogP contribution < -0.4 is 9.47 Å². The molecule has 2 aliphatic rings. The van der Waals surface area contributed by atoms with Gasteiger partial charge in [0.2, 0.25) is 0 Å². The molecular weight excluding hydrogens is 272 g/mol. The van der Waals surface area contributed by atoms with Crippen molar-refractivity contribution < 1.29 is 24.5 Å². The third-order valence-corrected chi connectivity index (χ3v) is 3.94. The minimum atomic E-state index is -1.67.